The number of nitrogens with zero attached hydrogens (tertiary/aromatic N) is 3. The normalized spacial score (nSPS) is 16.9. The summed E-state index contributed by atoms with van der Waals surface area (Å²) >= 11 is 3.39. The standard InChI is InChI=1S/C13H6BrF3N4O2S/c14-6-1-2-8(22)5(3-6)4-7-9(18)21-12(19-10(7)23)24-11(20-21)13(15,16)17/h1-4H,18H2/b5-4+. The molecule has 0 aromatic carbocycles. The monoisotopic (exact) mass is 418 g/mol. The highest BCUT2D eigenvalue weighted by Gasteiger charge is 2.36. The average molecular weight is 419 g/mol. The lowest BCUT2D eigenvalue weighted by Gasteiger charge is -2.06. The van der Waals surface area contributed by atoms with E-state index in [1.807, 2.05) is 0 Å². The first-order valence-corrected chi connectivity index (χ1v) is 7.85. The molecule has 2 heterocycles. The Labute approximate surface area is 143 Å². The average Bonchev–Trinajstić information content (AvgIpc) is 2.91. The molecular weight excluding hydrogens is 413 g/mol. The molecule has 0 atom stereocenters. The van der Waals surface area contributed by atoms with Crippen LogP contribution in [-0.2, 0) is 11.0 Å². The molecule has 0 amide bonds. The number of rotatable bonds is 1. The Morgan fingerprint density at radius 1 is 1.29 bits per heavy atom. The van der Waals surface area contributed by atoms with Crippen LogP contribution in [0.25, 0.3) is 11.0 Å². The highest BCUT2D eigenvalue weighted by atomic mass is 79.9. The third-order valence-electron chi connectivity index (χ3n) is 3.01. The molecule has 1 aliphatic rings. The number of carbonyl (C=O) groups is 1. The summed E-state index contributed by atoms with van der Waals surface area (Å²) in [5.41, 5.74) is 4.86. The maximum absolute atomic E-state index is 12.7. The zero-order chi connectivity index (χ0) is 17.6. The fourth-order valence-electron chi connectivity index (χ4n) is 1.92. The highest BCUT2D eigenvalue weighted by molar-refractivity contribution is 9.11. The molecule has 0 saturated heterocycles. The zero-order valence-electron chi connectivity index (χ0n) is 11.5. The first kappa shape index (κ1) is 16.6. The number of hydrogen-bond acceptors (Lipinski definition) is 6. The summed E-state index contributed by atoms with van der Waals surface area (Å²) < 4.78 is 39.5. The van der Waals surface area contributed by atoms with Gasteiger partial charge in [0.05, 0.1) is 5.56 Å². The molecule has 2 aromatic rings. The van der Waals surface area contributed by atoms with E-state index in [2.05, 4.69) is 26.0 Å². The van der Waals surface area contributed by atoms with Crippen molar-refractivity contribution in [2.75, 3.05) is 5.73 Å². The minimum atomic E-state index is -4.68. The SMILES string of the molecule is Nc1c(/C=C2\C=C(Br)C=CC2=O)c(=O)nc2sc(C(F)(F)F)nn12. The van der Waals surface area contributed by atoms with Gasteiger partial charge in [-0.2, -0.15) is 22.7 Å². The summed E-state index contributed by atoms with van der Waals surface area (Å²) in [4.78, 5) is 27.2. The lowest BCUT2D eigenvalue weighted by atomic mass is 10.0. The van der Waals surface area contributed by atoms with Gasteiger partial charge in [0.2, 0.25) is 9.97 Å². The van der Waals surface area contributed by atoms with Gasteiger partial charge in [0, 0.05) is 10.1 Å². The lowest BCUT2D eigenvalue weighted by Crippen LogP contribution is -2.17. The Kier molecular flexibility index (Phi) is 3.92. The van der Waals surface area contributed by atoms with Gasteiger partial charge in [-0.25, -0.2) is 0 Å². The second-order valence-corrected chi connectivity index (χ2v) is 6.51. The Bertz CT molecular complexity index is 1020. The molecule has 0 spiro atoms. The Balaban J connectivity index is 2.21. The minimum Gasteiger partial charge on any atom is -0.383 e. The number of alkyl halides is 3. The fourth-order valence-corrected chi connectivity index (χ4v) is 3.06. The van der Waals surface area contributed by atoms with Crippen LogP contribution in [0.3, 0.4) is 0 Å². The molecule has 3 rings (SSSR count). The van der Waals surface area contributed by atoms with Crippen molar-refractivity contribution in [3.05, 3.63) is 49.2 Å². The van der Waals surface area contributed by atoms with Gasteiger partial charge in [-0.15, -0.1) is 5.10 Å². The van der Waals surface area contributed by atoms with E-state index < -0.39 is 16.7 Å². The van der Waals surface area contributed by atoms with Gasteiger partial charge in [-0.3, -0.25) is 9.59 Å². The van der Waals surface area contributed by atoms with Crippen LogP contribution in [-0.4, -0.2) is 20.4 Å². The summed E-state index contributed by atoms with van der Waals surface area (Å²) in [6, 6.07) is 0. The molecular formula is C13H6BrF3N4O2S. The molecule has 6 nitrogen and oxygen atoms in total. The summed E-state index contributed by atoms with van der Waals surface area (Å²) in [5, 5.41) is 2.17. The van der Waals surface area contributed by atoms with Crippen molar-refractivity contribution in [2.45, 2.75) is 6.18 Å². The number of allylic oxidation sites excluding steroid dienone is 5. The molecule has 0 aliphatic heterocycles. The molecule has 2 aromatic heterocycles. The number of ketones is 1. The smallest absolute Gasteiger partial charge is 0.383 e. The van der Waals surface area contributed by atoms with E-state index in [9.17, 15) is 22.8 Å². The molecule has 0 radical (unpaired) electrons. The molecule has 0 fully saturated rings. The van der Waals surface area contributed by atoms with E-state index in [1.54, 1.807) is 0 Å². The molecule has 11 heteroatoms. The van der Waals surface area contributed by atoms with Gasteiger partial charge in [-0.1, -0.05) is 27.3 Å². The molecule has 1 aliphatic carbocycles. The molecule has 24 heavy (non-hydrogen) atoms. The van der Waals surface area contributed by atoms with Crippen LogP contribution < -0.4 is 11.3 Å². The van der Waals surface area contributed by atoms with Gasteiger partial charge >= 0.3 is 6.18 Å². The number of halogens is 4. The van der Waals surface area contributed by atoms with Crippen LogP contribution in [0.15, 0.2) is 33.1 Å². The van der Waals surface area contributed by atoms with Gasteiger partial charge in [0.25, 0.3) is 5.56 Å². The van der Waals surface area contributed by atoms with E-state index in [-0.39, 0.29) is 39.0 Å². The van der Waals surface area contributed by atoms with Gasteiger partial charge in [0.1, 0.15) is 5.82 Å². The topological polar surface area (TPSA) is 90.4 Å². The highest BCUT2D eigenvalue weighted by Crippen LogP contribution is 2.33. The van der Waals surface area contributed by atoms with Crippen molar-refractivity contribution in [1.29, 1.82) is 0 Å². The Morgan fingerprint density at radius 2 is 2.00 bits per heavy atom. The van der Waals surface area contributed by atoms with E-state index in [0.717, 1.165) is 4.52 Å². The van der Waals surface area contributed by atoms with Crippen LogP contribution in [0, 0.1) is 0 Å². The summed E-state index contributed by atoms with van der Waals surface area (Å²) in [7, 11) is 0. The second kappa shape index (κ2) is 5.67. The lowest BCUT2D eigenvalue weighted by molar-refractivity contribution is -0.138. The third kappa shape index (κ3) is 2.91. The van der Waals surface area contributed by atoms with Crippen LogP contribution in [0.5, 0.6) is 0 Å². The van der Waals surface area contributed by atoms with Crippen LogP contribution in [0.2, 0.25) is 0 Å². The minimum absolute atomic E-state index is 0.140. The van der Waals surface area contributed by atoms with Crippen molar-refractivity contribution in [1.82, 2.24) is 14.6 Å². The molecule has 0 unspecified atom stereocenters. The van der Waals surface area contributed by atoms with Crippen molar-refractivity contribution < 1.29 is 18.0 Å². The maximum atomic E-state index is 12.7. The van der Waals surface area contributed by atoms with Gasteiger partial charge < -0.3 is 5.73 Å². The van der Waals surface area contributed by atoms with Crippen molar-refractivity contribution in [3.8, 4) is 0 Å². The first-order valence-electron chi connectivity index (χ1n) is 6.24. The summed E-state index contributed by atoms with van der Waals surface area (Å²) in [6.07, 6.45) is 0.757. The summed E-state index contributed by atoms with van der Waals surface area (Å²) in [5.74, 6) is -0.701. The molecule has 2 N–H and O–H groups in total. The molecule has 0 saturated carbocycles. The largest absolute Gasteiger partial charge is 0.445 e. The molecule has 124 valence electrons. The summed E-state index contributed by atoms with van der Waals surface area (Å²) in [6.45, 7) is 0. The zero-order valence-corrected chi connectivity index (χ0v) is 13.9. The van der Waals surface area contributed by atoms with Crippen molar-refractivity contribution in [3.63, 3.8) is 0 Å². The van der Waals surface area contributed by atoms with E-state index in [1.165, 1.54) is 24.3 Å². The predicted molar refractivity (Wildman–Crippen MR) is 85.7 cm³/mol. The number of nitrogen functional groups attached to an aromatic ring is 1. The predicted octanol–water partition coefficient (Wildman–Crippen LogP) is 2.55. The van der Waals surface area contributed by atoms with Crippen molar-refractivity contribution in [2.24, 2.45) is 0 Å². The molecule has 0 bridgehead atoms. The number of nitrogens with two attached hydrogens (primary N) is 1. The third-order valence-corrected chi connectivity index (χ3v) is 4.45. The van der Waals surface area contributed by atoms with Gasteiger partial charge in [0.15, 0.2) is 5.78 Å². The number of hydrogen-bond donors (Lipinski definition) is 1. The van der Waals surface area contributed by atoms with Crippen molar-refractivity contribution >= 4 is 49.9 Å². The van der Waals surface area contributed by atoms with E-state index >= 15 is 0 Å². The van der Waals surface area contributed by atoms with E-state index in [0.29, 0.717) is 4.48 Å². The number of aromatic nitrogens is 3. The second-order valence-electron chi connectivity index (χ2n) is 4.64. The number of fused-ring (bicyclic) bond motifs is 1. The fraction of sp³-hybridized carbons (Fsp3) is 0.0769. The first-order chi connectivity index (χ1) is 11.2. The van der Waals surface area contributed by atoms with Gasteiger partial charge in [-0.05, 0) is 24.3 Å². The number of carbonyl (C=O) groups excluding carboxylic acids is 1. The number of anilines is 1. The van der Waals surface area contributed by atoms with Crippen LogP contribution in [0.4, 0.5) is 19.0 Å². The van der Waals surface area contributed by atoms with Crippen LogP contribution in [0.1, 0.15) is 10.6 Å². The quantitative estimate of drug-likeness (QED) is 0.718. The van der Waals surface area contributed by atoms with Crippen LogP contribution >= 0.6 is 27.3 Å². The maximum Gasteiger partial charge on any atom is 0.445 e. The van der Waals surface area contributed by atoms with E-state index in [4.69, 9.17) is 5.73 Å². The Morgan fingerprint density at radius 3 is 2.67 bits per heavy atom. The Hall–Kier alpha value is -2.27.